The third kappa shape index (κ3) is 8.10. The lowest BCUT2D eigenvalue weighted by molar-refractivity contribution is -0.400. The molecule has 1 aromatic carbocycles. The van der Waals surface area contributed by atoms with Crippen molar-refractivity contribution in [2.45, 2.75) is 78.4 Å². The van der Waals surface area contributed by atoms with Crippen molar-refractivity contribution in [1.29, 1.82) is 0 Å². The number of ether oxygens (including phenoxy) is 3. The zero-order valence-electron chi connectivity index (χ0n) is 17.6. The van der Waals surface area contributed by atoms with Crippen LogP contribution in [0.1, 0.15) is 70.9 Å². The summed E-state index contributed by atoms with van der Waals surface area (Å²) in [6.07, 6.45) is 1.56. The fraction of sp³-hybridized carbons (Fsp3) is 0.727. The minimum absolute atomic E-state index is 0.113. The molecule has 3 nitrogen and oxygen atoms in total. The van der Waals surface area contributed by atoms with Crippen LogP contribution in [0.5, 0.6) is 0 Å². The van der Waals surface area contributed by atoms with Gasteiger partial charge in [0.2, 0.25) is 0 Å². The molecule has 0 N–H and O–H groups in total. The Hall–Kier alpha value is -1.11. The molecule has 0 aliphatic carbocycles. The van der Waals surface area contributed by atoms with Crippen molar-refractivity contribution in [2.24, 2.45) is 5.92 Å². The molecule has 0 saturated heterocycles. The SMILES string of the molecule is CCOC(OCC)(OCC)C(C)CCCCCCc1ccc(C(F)(F)F)cc1. The Morgan fingerprint density at radius 2 is 1.29 bits per heavy atom. The van der Waals surface area contributed by atoms with Crippen molar-refractivity contribution in [3.05, 3.63) is 35.4 Å². The van der Waals surface area contributed by atoms with Gasteiger partial charge in [-0.1, -0.05) is 38.3 Å². The quantitative estimate of drug-likeness (QED) is 0.258. The molecule has 0 heterocycles. The lowest BCUT2D eigenvalue weighted by Gasteiger charge is -2.37. The van der Waals surface area contributed by atoms with Crippen molar-refractivity contribution in [2.75, 3.05) is 19.8 Å². The normalized spacial score (nSPS) is 13.7. The van der Waals surface area contributed by atoms with E-state index in [2.05, 4.69) is 6.92 Å². The molecule has 0 saturated carbocycles. The standard InChI is InChI=1S/C22H35F3O3/c1-5-26-22(27-6-2,28-7-3)18(4)12-10-8-9-11-13-19-14-16-20(17-15-19)21(23,24)25/h14-18H,5-13H2,1-4H3. The van der Waals surface area contributed by atoms with Gasteiger partial charge in [-0.2, -0.15) is 13.2 Å². The van der Waals surface area contributed by atoms with Crippen LogP contribution < -0.4 is 0 Å². The molecular formula is C22H35F3O3. The van der Waals surface area contributed by atoms with E-state index in [0.717, 1.165) is 56.2 Å². The van der Waals surface area contributed by atoms with Gasteiger partial charge in [0.15, 0.2) is 0 Å². The first-order chi connectivity index (χ1) is 13.3. The van der Waals surface area contributed by atoms with Gasteiger partial charge in [-0.3, -0.25) is 0 Å². The number of unbranched alkanes of at least 4 members (excludes halogenated alkanes) is 3. The monoisotopic (exact) mass is 404 g/mol. The van der Waals surface area contributed by atoms with Crippen LogP contribution in [-0.2, 0) is 26.8 Å². The summed E-state index contributed by atoms with van der Waals surface area (Å²) in [5.41, 5.74) is 0.357. The zero-order chi connectivity index (χ0) is 21.0. The number of benzene rings is 1. The average molecular weight is 405 g/mol. The Balaban J connectivity index is 2.35. The number of rotatable bonds is 14. The molecule has 0 fully saturated rings. The highest BCUT2D eigenvalue weighted by atomic mass is 19.4. The second-order valence-corrected chi connectivity index (χ2v) is 6.95. The summed E-state index contributed by atoms with van der Waals surface area (Å²) in [4.78, 5) is 0. The molecule has 162 valence electrons. The van der Waals surface area contributed by atoms with Crippen LogP contribution in [0.4, 0.5) is 13.2 Å². The van der Waals surface area contributed by atoms with E-state index in [4.69, 9.17) is 14.2 Å². The maximum atomic E-state index is 12.6. The summed E-state index contributed by atoms with van der Waals surface area (Å²) in [6, 6.07) is 5.47. The highest BCUT2D eigenvalue weighted by molar-refractivity contribution is 5.24. The van der Waals surface area contributed by atoms with Crippen LogP contribution in [0.25, 0.3) is 0 Å². The van der Waals surface area contributed by atoms with Gasteiger partial charge in [0.05, 0.1) is 5.56 Å². The third-order valence-electron chi connectivity index (χ3n) is 4.77. The molecule has 1 atom stereocenters. The number of aryl methyl sites for hydroxylation is 1. The molecular weight excluding hydrogens is 369 g/mol. The molecule has 0 aromatic heterocycles. The first kappa shape index (κ1) is 24.9. The van der Waals surface area contributed by atoms with Gasteiger partial charge in [-0.05, 0) is 57.7 Å². The molecule has 0 amide bonds. The predicted octanol–water partition coefficient (Wildman–Crippen LogP) is 6.60. The number of hydrogen-bond acceptors (Lipinski definition) is 3. The largest absolute Gasteiger partial charge is 0.416 e. The lowest BCUT2D eigenvalue weighted by Crippen LogP contribution is -2.45. The van der Waals surface area contributed by atoms with Gasteiger partial charge in [-0.15, -0.1) is 0 Å². The van der Waals surface area contributed by atoms with Crippen molar-refractivity contribution < 1.29 is 27.4 Å². The van der Waals surface area contributed by atoms with Crippen LogP contribution in [0.2, 0.25) is 0 Å². The van der Waals surface area contributed by atoms with Crippen molar-refractivity contribution >= 4 is 0 Å². The van der Waals surface area contributed by atoms with Crippen molar-refractivity contribution in [1.82, 2.24) is 0 Å². The second-order valence-electron chi connectivity index (χ2n) is 6.95. The van der Waals surface area contributed by atoms with E-state index in [1.165, 1.54) is 0 Å². The first-order valence-corrected chi connectivity index (χ1v) is 10.4. The molecule has 0 spiro atoms. The Morgan fingerprint density at radius 1 is 0.786 bits per heavy atom. The molecule has 1 rings (SSSR count). The van der Waals surface area contributed by atoms with Crippen molar-refractivity contribution in [3.8, 4) is 0 Å². The molecule has 0 bridgehead atoms. The van der Waals surface area contributed by atoms with E-state index < -0.39 is 17.7 Å². The van der Waals surface area contributed by atoms with E-state index in [9.17, 15) is 13.2 Å². The average Bonchev–Trinajstić information content (AvgIpc) is 2.64. The lowest BCUT2D eigenvalue weighted by atomic mass is 9.98. The topological polar surface area (TPSA) is 27.7 Å². The summed E-state index contributed by atoms with van der Waals surface area (Å²) >= 11 is 0. The van der Waals surface area contributed by atoms with Gasteiger partial charge in [0.25, 0.3) is 5.97 Å². The minimum atomic E-state index is -4.27. The Kier molecular flexibility index (Phi) is 11.1. The van der Waals surface area contributed by atoms with E-state index in [1.807, 2.05) is 20.8 Å². The summed E-state index contributed by atoms with van der Waals surface area (Å²) in [6.45, 7) is 9.46. The summed E-state index contributed by atoms with van der Waals surface area (Å²) in [5, 5.41) is 0. The number of halogens is 3. The van der Waals surface area contributed by atoms with Gasteiger partial charge < -0.3 is 14.2 Å². The second kappa shape index (κ2) is 12.5. The van der Waals surface area contributed by atoms with Crippen LogP contribution in [0, 0.1) is 5.92 Å². The van der Waals surface area contributed by atoms with E-state index in [1.54, 1.807) is 12.1 Å². The Labute approximate surface area is 167 Å². The van der Waals surface area contributed by atoms with E-state index in [0.29, 0.717) is 19.8 Å². The fourth-order valence-electron chi connectivity index (χ4n) is 3.33. The van der Waals surface area contributed by atoms with Crippen LogP contribution >= 0.6 is 0 Å². The zero-order valence-corrected chi connectivity index (χ0v) is 17.6. The Bertz CT molecular complexity index is 512. The van der Waals surface area contributed by atoms with Gasteiger partial charge in [-0.25, -0.2) is 0 Å². The molecule has 6 heteroatoms. The molecule has 0 aliphatic rings. The van der Waals surface area contributed by atoms with Crippen LogP contribution in [0.15, 0.2) is 24.3 Å². The van der Waals surface area contributed by atoms with E-state index >= 15 is 0 Å². The third-order valence-corrected chi connectivity index (χ3v) is 4.77. The van der Waals surface area contributed by atoms with Gasteiger partial charge >= 0.3 is 6.18 Å². The predicted molar refractivity (Wildman–Crippen MR) is 105 cm³/mol. The smallest absolute Gasteiger partial charge is 0.328 e. The van der Waals surface area contributed by atoms with E-state index in [-0.39, 0.29) is 5.92 Å². The first-order valence-electron chi connectivity index (χ1n) is 10.4. The van der Waals surface area contributed by atoms with Gasteiger partial charge in [0, 0.05) is 25.7 Å². The maximum Gasteiger partial charge on any atom is 0.416 e. The number of hydrogen-bond donors (Lipinski definition) is 0. The highest BCUT2D eigenvalue weighted by Gasteiger charge is 2.38. The van der Waals surface area contributed by atoms with Crippen LogP contribution in [0.3, 0.4) is 0 Å². The van der Waals surface area contributed by atoms with Gasteiger partial charge in [0.1, 0.15) is 0 Å². The van der Waals surface area contributed by atoms with Crippen LogP contribution in [-0.4, -0.2) is 25.8 Å². The Morgan fingerprint density at radius 3 is 1.75 bits per heavy atom. The maximum absolute atomic E-state index is 12.6. The summed E-state index contributed by atoms with van der Waals surface area (Å²) < 4.78 is 55.2. The minimum Gasteiger partial charge on any atom is -0.328 e. The fourth-order valence-corrected chi connectivity index (χ4v) is 3.33. The molecule has 0 aliphatic heterocycles. The molecule has 1 aromatic rings. The molecule has 0 radical (unpaired) electrons. The summed E-state index contributed by atoms with van der Waals surface area (Å²) in [7, 11) is 0. The molecule has 1 unspecified atom stereocenters. The molecule has 28 heavy (non-hydrogen) atoms. The number of alkyl halides is 3. The van der Waals surface area contributed by atoms with Crippen molar-refractivity contribution in [3.63, 3.8) is 0 Å². The summed E-state index contributed by atoms with van der Waals surface area (Å²) in [5.74, 6) is -0.861. The highest BCUT2D eigenvalue weighted by Crippen LogP contribution is 2.31.